The van der Waals surface area contributed by atoms with Crippen LogP contribution in [0.5, 0.6) is 11.5 Å². The molecular formula is C32H28N2O5S. The minimum Gasteiger partial charge on any atom is -0.497 e. The maximum Gasteiger partial charge on any atom is 0.272 e. The Bertz CT molecular complexity index is 1520. The maximum atomic E-state index is 13.4. The highest BCUT2D eigenvalue weighted by Crippen LogP contribution is 2.24. The van der Waals surface area contributed by atoms with E-state index >= 15 is 0 Å². The number of methoxy groups -OCH3 is 2. The number of hydrogen-bond donors (Lipinski definition) is 2. The van der Waals surface area contributed by atoms with E-state index in [9.17, 15) is 14.4 Å². The van der Waals surface area contributed by atoms with Gasteiger partial charge < -0.3 is 20.1 Å². The molecule has 0 unspecified atom stereocenters. The van der Waals surface area contributed by atoms with Gasteiger partial charge in [-0.15, -0.1) is 11.8 Å². The van der Waals surface area contributed by atoms with Crippen molar-refractivity contribution in [3.05, 3.63) is 126 Å². The smallest absolute Gasteiger partial charge is 0.272 e. The minimum absolute atomic E-state index is 0.0192. The quantitative estimate of drug-likeness (QED) is 0.133. The zero-order valence-electron chi connectivity index (χ0n) is 22.0. The number of carbonyl (C=O) groups excluding carboxylic acids is 3. The Morgan fingerprint density at radius 3 is 2.20 bits per heavy atom. The molecule has 2 amide bonds. The second kappa shape index (κ2) is 13.8. The summed E-state index contributed by atoms with van der Waals surface area (Å²) in [5.41, 5.74) is 2.29. The van der Waals surface area contributed by atoms with Crippen LogP contribution in [0.15, 0.2) is 114 Å². The Kier molecular flexibility index (Phi) is 9.74. The van der Waals surface area contributed by atoms with Crippen molar-refractivity contribution in [3.8, 4) is 11.5 Å². The molecule has 4 aromatic carbocycles. The van der Waals surface area contributed by atoms with Gasteiger partial charge in [-0.2, -0.15) is 0 Å². The molecule has 0 atom stereocenters. The lowest BCUT2D eigenvalue weighted by atomic mass is 10.1. The summed E-state index contributed by atoms with van der Waals surface area (Å²) in [7, 11) is 3.14. The number of thioether (sulfide) groups is 1. The van der Waals surface area contributed by atoms with E-state index in [1.807, 2.05) is 18.2 Å². The fourth-order valence-corrected chi connectivity index (χ4v) is 4.56. The number of carbonyl (C=O) groups is 3. The Morgan fingerprint density at radius 2 is 1.48 bits per heavy atom. The van der Waals surface area contributed by atoms with Crippen molar-refractivity contribution in [1.82, 2.24) is 5.32 Å². The number of amides is 2. The fourth-order valence-electron chi connectivity index (χ4n) is 3.71. The minimum atomic E-state index is -0.497. The van der Waals surface area contributed by atoms with E-state index in [1.165, 1.54) is 11.8 Å². The monoisotopic (exact) mass is 552 g/mol. The van der Waals surface area contributed by atoms with Crippen LogP contribution in [0.2, 0.25) is 0 Å². The van der Waals surface area contributed by atoms with E-state index in [1.54, 1.807) is 105 Å². The first kappa shape index (κ1) is 28.2. The third kappa shape index (κ3) is 7.85. The van der Waals surface area contributed by atoms with Gasteiger partial charge in [-0.1, -0.05) is 36.4 Å². The molecule has 0 saturated heterocycles. The van der Waals surface area contributed by atoms with Gasteiger partial charge in [0.05, 0.1) is 20.0 Å². The van der Waals surface area contributed by atoms with Gasteiger partial charge in [-0.3, -0.25) is 14.4 Å². The molecule has 0 aliphatic carbocycles. The lowest BCUT2D eigenvalue weighted by Gasteiger charge is -2.12. The normalized spacial score (nSPS) is 10.9. The van der Waals surface area contributed by atoms with E-state index in [2.05, 4.69) is 10.6 Å². The molecule has 4 rings (SSSR count). The van der Waals surface area contributed by atoms with Crippen LogP contribution < -0.4 is 20.1 Å². The van der Waals surface area contributed by atoms with Crippen molar-refractivity contribution in [1.29, 1.82) is 0 Å². The zero-order chi connectivity index (χ0) is 28.3. The van der Waals surface area contributed by atoms with Crippen LogP contribution in [0, 0.1) is 0 Å². The van der Waals surface area contributed by atoms with Crippen LogP contribution >= 0.6 is 11.8 Å². The third-order valence-corrected chi connectivity index (χ3v) is 6.80. The number of Topliss-reactive ketones (excluding diaryl/α,β-unsaturated/α-hetero) is 1. The number of ether oxygens (including phenoxy) is 2. The van der Waals surface area contributed by atoms with E-state index in [0.717, 1.165) is 4.90 Å². The summed E-state index contributed by atoms with van der Waals surface area (Å²) in [6, 6.07) is 30.0. The van der Waals surface area contributed by atoms with Crippen LogP contribution in [-0.4, -0.2) is 37.6 Å². The van der Waals surface area contributed by atoms with Crippen molar-refractivity contribution >= 4 is 41.1 Å². The van der Waals surface area contributed by atoms with E-state index < -0.39 is 11.8 Å². The second-order valence-corrected chi connectivity index (χ2v) is 9.63. The molecule has 202 valence electrons. The summed E-state index contributed by atoms with van der Waals surface area (Å²) >= 11 is 1.37. The Balaban J connectivity index is 1.48. The van der Waals surface area contributed by atoms with Crippen LogP contribution in [0.25, 0.3) is 6.08 Å². The molecule has 0 fully saturated rings. The van der Waals surface area contributed by atoms with Gasteiger partial charge >= 0.3 is 0 Å². The molecule has 0 aliphatic heterocycles. The molecule has 0 aromatic heterocycles. The first-order valence-corrected chi connectivity index (χ1v) is 13.4. The van der Waals surface area contributed by atoms with Gasteiger partial charge in [0.25, 0.3) is 11.8 Å². The summed E-state index contributed by atoms with van der Waals surface area (Å²) in [5.74, 6) is 0.617. The lowest BCUT2D eigenvalue weighted by Crippen LogP contribution is -2.30. The van der Waals surface area contributed by atoms with Crippen molar-refractivity contribution < 1.29 is 23.9 Å². The van der Waals surface area contributed by atoms with Gasteiger partial charge in [0.15, 0.2) is 5.78 Å². The van der Waals surface area contributed by atoms with E-state index in [-0.39, 0.29) is 17.2 Å². The Morgan fingerprint density at radius 1 is 0.750 bits per heavy atom. The standard InChI is InChI=1S/C32H28N2O5S/c1-38-26-16-14-23(15-17-26)30(35)21-40-28-13-7-11-25(20-28)33-32(37)29(19-22-8-6-12-27(18-22)39-2)34-31(36)24-9-4-3-5-10-24/h3-20H,21H2,1-2H3,(H,33,37)(H,34,36)/b29-19-. The molecule has 7 nitrogen and oxygen atoms in total. The van der Waals surface area contributed by atoms with E-state index in [4.69, 9.17) is 9.47 Å². The summed E-state index contributed by atoms with van der Waals surface area (Å²) in [6.45, 7) is 0. The summed E-state index contributed by atoms with van der Waals surface area (Å²) in [6.07, 6.45) is 1.59. The first-order valence-electron chi connectivity index (χ1n) is 12.4. The molecule has 0 heterocycles. The summed E-state index contributed by atoms with van der Waals surface area (Å²) in [5, 5.41) is 5.59. The van der Waals surface area contributed by atoms with Crippen molar-refractivity contribution in [2.45, 2.75) is 4.90 Å². The predicted molar refractivity (Wildman–Crippen MR) is 158 cm³/mol. The first-order chi connectivity index (χ1) is 19.4. The lowest BCUT2D eigenvalue weighted by molar-refractivity contribution is -0.113. The number of benzene rings is 4. The molecular weight excluding hydrogens is 524 g/mol. The number of nitrogens with one attached hydrogen (secondary N) is 2. The molecule has 4 aromatic rings. The molecule has 0 spiro atoms. The number of rotatable bonds is 11. The van der Waals surface area contributed by atoms with Crippen molar-refractivity contribution in [2.75, 3.05) is 25.3 Å². The van der Waals surface area contributed by atoms with Crippen LogP contribution in [-0.2, 0) is 4.79 Å². The Labute approximate surface area is 237 Å². The highest BCUT2D eigenvalue weighted by Gasteiger charge is 2.16. The molecule has 40 heavy (non-hydrogen) atoms. The summed E-state index contributed by atoms with van der Waals surface area (Å²) in [4.78, 5) is 39.7. The number of hydrogen-bond acceptors (Lipinski definition) is 6. The van der Waals surface area contributed by atoms with Crippen molar-refractivity contribution in [3.63, 3.8) is 0 Å². The van der Waals surface area contributed by atoms with E-state index in [0.29, 0.717) is 33.9 Å². The average molecular weight is 553 g/mol. The largest absolute Gasteiger partial charge is 0.497 e. The highest BCUT2D eigenvalue weighted by atomic mass is 32.2. The SMILES string of the molecule is COc1ccc(C(=O)CSc2cccc(NC(=O)/C(=C/c3cccc(OC)c3)NC(=O)c3ccccc3)c2)cc1. The van der Waals surface area contributed by atoms with Crippen LogP contribution in [0.1, 0.15) is 26.3 Å². The van der Waals surface area contributed by atoms with Gasteiger partial charge in [-0.25, -0.2) is 0 Å². The molecule has 0 bridgehead atoms. The molecule has 0 saturated carbocycles. The van der Waals surface area contributed by atoms with Gasteiger partial charge in [0.2, 0.25) is 0 Å². The highest BCUT2D eigenvalue weighted by molar-refractivity contribution is 8.00. The van der Waals surface area contributed by atoms with Gasteiger partial charge in [0, 0.05) is 21.7 Å². The zero-order valence-corrected chi connectivity index (χ0v) is 22.9. The number of anilines is 1. The fraction of sp³-hybridized carbons (Fsp3) is 0.0938. The topological polar surface area (TPSA) is 93.7 Å². The Hall–Kier alpha value is -4.82. The summed E-state index contributed by atoms with van der Waals surface area (Å²) < 4.78 is 10.4. The van der Waals surface area contributed by atoms with Gasteiger partial charge in [0.1, 0.15) is 17.2 Å². The molecule has 8 heteroatoms. The maximum absolute atomic E-state index is 13.4. The average Bonchev–Trinajstić information content (AvgIpc) is 3.00. The third-order valence-electron chi connectivity index (χ3n) is 5.81. The van der Waals surface area contributed by atoms with Crippen molar-refractivity contribution in [2.24, 2.45) is 0 Å². The number of ketones is 1. The van der Waals surface area contributed by atoms with Gasteiger partial charge in [-0.05, 0) is 78.4 Å². The molecule has 0 aliphatic rings. The molecule has 2 N–H and O–H groups in total. The predicted octanol–water partition coefficient (Wildman–Crippen LogP) is 6.09. The second-order valence-electron chi connectivity index (χ2n) is 8.58. The molecule has 0 radical (unpaired) electrons. The van der Waals surface area contributed by atoms with Crippen LogP contribution in [0.4, 0.5) is 5.69 Å². The van der Waals surface area contributed by atoms with Crippen LogP contribution in [0.3, 0.4) is 0 Å².